The molecule has 0 unspecified atom stereocenters. The highest BCUT2D eigenvalue weighted by molar-refractivity contribution is 14.0. The number of halogens is 2. The second-order valence-electron chi connectivity index (χ2n) is 8.37. The van der Waals surface area contributed by atoms with E-state index < -0.39 is 0 Å². The largest absolute Gasteiger partial charge is 0.382 e. The molecule has 0 aromatic heterocycles. The standard InChI is InChI=1S/C23H39FN4O.HI/c1-5-25-22(27-18-23(11-7-8-12-23)13-14-29-6-2)26-16-19-9-10-21(24)20(15-19)17-28(3)4;/h9-10,15H,5-8,11-14,16-18H2,1-4H3,(H2,25,26,27);1H. The van der Waals surface area contributed by atoms with Crippen molar-refractivity contribution >= 4 is 29.9 Å². The van der Waals surface area contributed by atoms with Crippen LogP contribution in [0.5, 0.6) is 0 Å². The average molecular weight is 535 g/mol. The van der Waals surface area contributed by atoms with Crippen LogP contribution in [0.25, 0.3) is 0 Å². The van der Waals surface area contributed by atoms with Gasteiger partial charge in [-0.1, -0.05) is 18.9 Å². The summed E-state index contributed by atoms with van der Waals surface area (Å²) in [5, 5.41) is 6.90. The summed E-state index contributed by atoms with van der Waals surface area (Å²) in [5.41, 5.74) is 2.04. The van der Waals surface area contributed by atoms with E-state index in [0.29, 0.717) is 24.1 Å². The number of aliphatic imine (C=N–C) groups is 1. The van der Waals surface area contributed by atoms with E-state index in [2.05, 4.69) is 24.5 Å². The minimum Gasteiger partial charge on any atom is -0.382 e. The van der Waals surface area contributed by atoms with Crippen LogP contribution in [0.15, 0.2) is 23.2 Å². The molecule has 2 N–H and O–H groups in total. The molecule has 2 rings (SSSR count). The van der Waals surface area contributed by atoms with Gasteiger partial charge in [-0.15, -0.1) is 24.0 Å². The normalized spacial score (nSPS) is 15.9. The van der Waals surface area contributed by atoms with Crippen LogP contribution in [0.4, 0.5) is 4.39 Å². The first-order valence-electron chi connectivity index (χ1n) is 11.0. The van der Waals surface area contributed by atoms with E-state index in [-0.39, 0.29) is 29.8 Å². The molecule has 5 nitrogen and oxygen atoms in total. The summed E-state index contributed by atoms with van der Waals surface area (Å²) < 4.78 is 19.6. The van der Waals surface area contributed by atoms with Gasteiger partial charge in [0.05, 0.1) is 6.54 Å². The Bertz CT molecular complexity index is 648. The molecule has 1 saturated carbocycles. The lowest BCUT2D eigenvalue weighted by Gasteiger charge is -2.30. The van der Waals surface area contributed by atoms with Gasteiger partial charge in [-0.2, -0.15) is 0 Å². The van der Waals surface area contributed by atoms with E-state index in [9.17, 15) is 4.39 Å². The minimum absolute atomic E-state index is 0. The van der Waals surface area contributed by atoms with Gasteiger partial charge in [-0.05, 0) is 70.3 Å². The smallest absolute Gasteiger partial charge is 0.191 e. The van der Waals surface area contributed by atoms with Crippen molar-refractivity contribution in [2.24, 2.45) is 10.4 Å². The SMILES string of the molecule is CCNC(=NCc1ccc(F)c(CN(C)C)c1)NCC1(CCOCC)CCCC1.I. The Morgan fingerprint density at radius 1 is 1.20 bits per heavy atom. The van der Waals surface area contributed by atoms with E-state index in [0.717, 1.165) is 44.2 Å². The monoisotopic (exact) mass is 534 g/mol. The highest BCUT2D eigenvalue weighted by Gasteiger charge is 2.33. The fraction of sp³-hybridized carbons (Fsp3) is 0.696. The van der Waals surface area contributed by atoms with Gasteiger partial charge in [0.1, 0.15) is 5.82 Å². The van der Waals surface area contributed by atoms with Crippen molar-refractivity contribution in [3.63, 3.8) is 0 Å². The molecule has 1 fully saturated rings. The van der Waals surface area contributed by atoms with E-state index in [1.807, 2.05) is 31.1 Å². The van der Waals surface area contributed by atoms with Crippen molar-refractivity contribution in [1.82, 2.24) is 15.5 Å². The molecule has 1 aliphatic carbocycles. The fourth-order valence-corrected chi connectivity index (χ4v) is 4.04. The van der Waals surface area contributed by atoms with Gasteiger partial charge in [0.2, 0.25) is 0 Å². The third kappa shape index (κ3) is 9.06. The predicted octanol–water partition coefficient (Wildman–Crippen LogP) is 4.55. The van der Waals surface area contributed by atoms with Crippen molar-refractivity contribution in [2.75, 3.05) is 40.4 Å². The van der Waals surface area contributed by atoms with Gasteiger partial charge in [0.25, 0.3) is 0 Å². The van der Waals surface area contributed by atoms with E-state index in [4.69, 9.17) is 9.73 Å². The lowest BCUT2D eigenvalue weighted by molar-refractivity contribution is 0.105. The summed E-state index contributed by atoms with van der Waals surface area (Å²) >= 11 is 0. The first kappa shape index (κ1) is 27.1. The Morgan fingerprint density at radius 2 is 1.93 bits per heavy atom. The van der Waals surface area contributed by atoms with Crippen molar-refractivity contribution in [1.29, 1.82) is 0 Å². The van der Waals surface area contributed by atoms with Crippen molar-refractivity contribution in [3.8, 4) is 0 Å². The van der Waals surface area contributed by atoms with Crippen molar-refractivity contribution in [3.05, 3.63) is 35.1 Å². The van der Waals surface area contributed by atoms with Crippen LogP contribution in [-0.4, -0.2) is 51.3 Å². The van der Waals surface area contributed by atoms with E-state index >= 15 is 0 Å². The number of ether oxygens (including phenoxy) is 1. The van der Waals surface area contributed by atoms with Crippen LogP contribution in [0.1, 0.15) is 57.1 Å². The number of guanidine groups is 1. The molecule has 1 aromatic rings. The Hall–Kier alpha value is -0.930. The quantitative estimate of drug-likeness (QED) is 0.189. The summed E-state index contributed by atoms with van der Waals surface area (Å²) in [7, 11) is 3.89. The number of hydrogen-bond donors (Lipinski definition) is 2. The maximum absolute atomic E-state index is 14.0. The molecule has 0 atom stereocenters. The summed E-state index contributed by atoms with van der Waals surface area (Å²) in [4.78, 5) is 6.72. The first-order valence-corrected chi connectivity index (χ1v) is 11.0. The fourth-order valence-electron chi connectivity index (χ4n) is 4.04. The second kappa shape index (κ2) is 14.2. The van der Waals surface area contributed by atoms with Gasteiger partial charge in [0.15, 0.2) is 5.96 Å². The van der Waals surface area contributed by atoms with Crippen LogP contribution in [-0.2, 0) is 17.8 Å². The van der Waals surface area contributed by atoms with Gasteiger partial charge in [-0.3, -0.25) is 0 Å². The predicted molar refractivity (Wildman–Crippen MR) is 134 cm³/mol. The summed E-state index contributed by atoms with van der Waals surface area (Å²) in [6.07, 6.45) is 6.19. The molecule has 0 saturated heterocycles. The van der Waals surface area contributed by atoms with Crippen LogP contribution >= 0.6 is 24.0 Å². The van der Waals surface area contributed by atoms with E-state index in [1.165, 1.54) is 25.7 Å². The van der Waals surface area contributed by atoms with Gasteiger partial charge in [-0.25, -0.2) is 9.38 Å². The molecule has 0 amide bonds. The number of nitrogens with zero attached hydrogens (tertiary/aromatic N) is 2. The molecule has 0 spiro atoms. The summed E-state index contributed by atoms with van der Waals surface area (Å²) in [6.45, 7) is 8.58. The van der Waals surface area contributed by atoms with Crippen molar-refractivity contribution < 1.29 is 9.13 Å². The van der Waals surface area contributed by atoms with Gasteiger partial charge >= 0.3 is 0 Å². The van der Waals surface area contributed by atoms with Crippen LogP contribution in [0.2, 0.25) is 0 Å². The third-order valence-electron chi connectivity index (χ3n) is 5.64. The Labute approximate surface area is 199 Å². The van der Waals surface area contributed by atoms with E-state index in [1.54, 1.807) is 6.07 Å². The number of hydrogen-bond acceptors (Lipinski definition) is 3. The summed E-state index contributed by atoms with van der Waals surface area (Å²) in [6, 6.07) is 5.29. The number of rotatable bonds is 11. The highest BCUT2D eigenvalue weighted by atomic mass is 127. The topological polar surface area (TPSA) is 48.9 Å². The summed E-state index contributed by atoms with van der Waals surface area (Å²) in [5.74, 6) is 0.669. The molecular weight excluding hydrogens is 494 g/mol. The lowest BCUT2D eigenvalue weighted by atomic mass is 9.83. The molecule has 30 heavy (non-hydrogen) atoms. The molecule has 0 radical (unpaired) electrons. The lowest BCUT2D eigenvalue weighted by Crippen LogP contribution is -2.43. The molecule has 1 aromatic carbocycles. The maximum Gasteiger partial charge on any atom is 0.191 e. The highest BCUT2D eigenvalue weighted by Crippen LogP contribution is 2.40. The molecule has 0 aliphatic heterocycles. The zero-order valence-corrected chi connectivity index (χ0v) is 21.4. The zero-order valence-electron chi connectivity index (χ0n) is 19.1. The maximum atomic E-state index is 14.0. The van der Waals surface area contributed by atoms with Crippen LogP contribution in [0.3, 0.4) is 0 Å². The van der Waals surface area contributed by atoms with Gasteiger partial charge in [0, 0.05) is 38.4 Å². The number of nitrogens with one attached hydrogen (secondary N) is 2. The molecule has 0 heterocycles. The average Bonchev–Trinajstić information content (AvgIpc) is 3.15. The van der Waals surface area contributed by atoms with Crippen LogP contribution < -0.4 is 10.6 Å². The molecule has 0 bridgehead atoms. The zero-order chi connectivity index (χ0) is 21.1. The van der Waals surface area contributed by atoms with Gasteiger partial charge < -0.3 is 20.3 Å². The third-order valence-corrected chi connectivity index (χ3v) is 5.64. The molecular formula is C23H40FIN4O. The van der Waals surface area contributed by atoms with Crippen LogP contribution in [0, 0.1) is 11.2 Å². The minimum atomic E-state index is -0.158. The Kier molecular flexibility index (Phi) is 12.8. The Balaban J connectivity index is 0.00000450. The molecule has 7 heteroatoms. The Morgan fingerprint density at radius 3 is 2.57 bits per heavy atom. The molecule has 172 valence electrons. The number of benzene rings is 1. The first-order chi connectivity index (χ1) is 14.0. The molecule has 1 aliphatic rings. The second-order valence-corrected chi connectivity index (χ2v) is 8.37. The van der Waals surface area contributed by atoms with Crippen molar-refractivity contribution in [2.45, 2.75) is 59.0 Å².